The Morgan fingerprint density at radius 1 is 0.656 bits per heavy atom. The molecule has 0 atom stereocenters. The van der Waals surface area contributed by atoms with E-state index in [-0.39, 0.29) is 12.4 Å². The first-order valence-electron chi connectivity index (χ1n) is 10.2. The first-order chi connectivity index (χ1) is 15.4. The average Bonchev–Trinajstić information content (AvgIpc) is 3.35. The van der Waals surface area contributed by atoms with Crippen molar-refractivity contribution >= 4 is 11.8 Å². The monoisotopic (exact) mass is 436 g/mol. The van der Waals surface area contributed by atoms with Crippen LogP contribution in [0.1, 0.15) is 11.5 Å². The maximum Gasteiger partial charge on any atom is 0.294 e. The third-order valence-corrected chi connectivity index (χ3v) is 5.10. The molecule has 0 unspecified atom stereocenters. The Labute approximate surface area is 193 Å². The molecular formula is C28H21ClN2O. The van der Waals surface area contributed by atoms with Crippen LogP contribution >= 0.6 is 0 Å². The molecule has 0 spiro atoms. The minimum atomic E-state index is 0. The molecular weight excluding hydrogens is 416 g/mol. The van der Waals surface area contributed by atoms with E-state index in [2.05, 4.69) is 59.6 Å². The lowest BCUT2D eigenvalue weighted by atomic mass is 10.0. The lowest BCUT2D eigenvalue weighted by Gasteiger charge is -2.03. The van der Waals surface area contributed by atoms with Gasteiger partial charge in [-0.1, -0.05) is 91.0 Å². The summed E-state index contributed by atoms with van der Waals surface area (Å²) in [5.41, 5.74) is 5.34. The fourth-order valence-corrected chi connectivity index (χ4v) is 3.49. The summed E-state index contributed by atoms with van der Waals surface area (Å²) >= 11 is 0. The summed E-state index contributed by atoms with van der Waals surface area (Å²) in [5.74, 6) is 1.32. The standard InChI is InChI=1S/C28H21N2O.ClH/c1-4-10-23(11-5-1)24-16-14-22(15-17-24)20-26(30-18-8-3-9-19-30)28-29-21-27(31-28)25-12-6-2-7-13-25;/h1-21H;1H/q+1;/p-1/b26-20+;. The number of hydrogen-bond donors (Lipinski definition) is 0. The van der Waals surface area contributed by atoms with Gasteiger partial charge in [0.1, 0.15) is 0 Å². The van der Waals surface area contributed by atoms with Crippen LogP contribution in [-0.4, -0.2) is 4.98 Å². The van der Waals surface area contributed by atoms with E-state index in [0.29, 0.717) is 5.89 Å². The molecule has 3 nitrogen and oxygen atoms in total. The van der Waals surface area contributed by atoms with Crippen LogP contribution in [0.2, 0.25) is 0 Å². The predicted octanol–water partition coefficient (Wildman–Crippen LogP) is 3.35. The van der Waals surface area contributed by atoms with E-state index in [1.54, 1.807) is 6.20 Å². The lowest BCUT2D eigenvalue weighted by Crippen LogP contribution is -3.00. The van der Waals surface area contributed by atoms with E-state index in [9.17, 15) is 0 Å². The summed E-state index contributed by atoms with van der Waals surface area (Å²) in [7, 11) is 0. The molecule has 0 aliphatic rings. The highest BCUT2D eigenvalue weighted by molar-refractivity contribution is 5.75. The molecule has 0 aliphatic heterocycles. The third kappa shape index (κ3) is 4.69. The zero-order valence-electron chi connectivity index (χ0n) is 17.3. The van der Waals surface area contributed by atoms with Gasteiger partial charge >= 0.3 is 0 Å². The van der Waals surface area contributed by atoms with Gasteiger partial charge in [-0.3, -0.25) is 0 Å². The van der Waals surface area contributed by atoms with Crippen molar-refractivity contribution in [3.05, 3.63) is 133 Å². The van der Waals surface area contributed by atoms with Crippen LogP contribution in [0.3, 0.4) is 0 Å². The van der Waals surface area contributed by atoms with Crippen LogP contribution in [0, 0.1) is 0 Å². The van der Waals surface area contributed by atoms with Crippen molar-refractivity contribution in [3.63, 3.8) is 0 Å². The maximum absolute atomic E-state index is 6.15. The quantitative estimate of drug-likeness (QED) is 0.395. The van der Waals surface area contributed by atoms with E-state index in [0.717, 1.165) is 22.6 Å². The number of nitrogens with zero attached hydrogens (tertiary/aromatic N) is 2. The highest BCUT2D eigenvalue weighted by atomic mass is 35.5. The number of hydrogen-bond acceptors (Lipinski definition) is 2. The van der Waals surface area contributed by atoms with E-state index < -0.39 is 0 Å². The van der Waals surface area contributed by atoms with Crippen LogP contribution in [0.4, 0.5) is 0 Å². The number of rotatable bonds is 5. The second-order valence-corrected chi connectivity index (χ2v) is 7.20. The van der Waals surface area contributed by atoms with Crippen LogP contribution < -0.4 is 17.0 Å². The van der Waals surface area contributed by atoms with Gasteiger partial charge in [0, 0.05) is 23.8 Å². The number of halogens is 1. The van der Waals surface area contributed by atoms with E-state index >= 15 is 0 Å². The molecule has 0 fully saturated rings. The lowest BCUT2D eigenvalue weighted by molar-refractivity contribution is -0.579. The SMILES string of the molecule is C(=C(/c1ncc(-c2ccccc2)o1)[n+]1ccccc1)/c1ccc(-c2ccccc2)cc1.[Cl-]. The Morgan fingerprint density at radius 2 is 1.22 bits per heavy atom. The topological polar surface area (TPSA) is 29.9 Å². The number of pyridine rings is 1. The zero-order chi connectivity index (χ0) is 20.9. The molecule has 0 radical (unpaired) electrons. The van der Waals surface area contributed by atoms with Gasteiger partial charge in [0.25, 0.3) is 11.6 Å². The van der Waals surface area contributed by atoms with Gasteiger partial charge in [0.2, 0.25) is 0 Å². The summed E-state index contributed by atoms with van der Waals surface area (Å²) in [5, 5.41) is 0. The summed E-state index contributed by atoms with van der Waals surface area (Å²) < 4.78 is 8.17. The van der Waals surface area contributed by atoms with Crippen molar-refractivity contribution in [2.45, 2.75) is 0 Å². The molecule has 5 aromatic rings. The van der Waals surface area contributed by atoms with E-state index in [1.807, 2.05) is 71.6 Å². The normalized spacial score (nSPS) is 11.1. The molecule has 0 amide bonds. The Hall–Kier alpha value is -3.95. The van der Waals surface area contributed by atoms with Gasteiger partial charge in [-0.2, -0.15) is 4.57 Å². The highest BCUT2D eigenvalue weighted by Gasteiger charge is 2.20. The van der Waals surface area contributed by atoms with Crippen LogP contribution in [0.25, 0.3) is 34.2 Å². The minimum absolute atomic E-state index is 0. The molecule has 3 aromatic carbocycles. The Bertz CT molecular complexity index is 1300. The van der Waals surface area contributed by atoms with Gasteiger partial charge in [0.15, 0.2) is 18.2 Å². The molecule has 32 heavy (non-hydrogen) atoms. The largest absolute Gasteiger partial charge is 1.00 e. The molecule has 0 N–H and O–H groups in total. The van der Waals surface area contributed by atoms with Gasteiger partial charge in [0.05, 0.1) is 6.20 Å². The van der Waals surface area contributed by atoms with Gasteiger partial charge in [-0.25, -0.2) is 4.98 Å². The van der Waals surface area contributed by atoms with Gasteiger partial charge in [-0.05, 0) is 16.7 Å². The summed E-state index contributed by atoms with van der Waals surface area (Å²) in [6.45, 7) is 0. The molecule has 0 aliphatic carbocycles. The number of aromatic nitrogens is 2. The van der Waals surface area contributed by atoms with Gasteiger partial charge in [-0.15, -0.1) is 0 Å². The number of oxazole rings is 1. The van der Waals surface area contributed by atoms with Gasteiger partial charge < -0.3 is 16.8 Å². The Kier molecular flexibility index (Phi) is 6.59. The van der Waals surface area contributed by atoms with Crippen molar-refractivity contribution in [2.75, 3.05) is 0 Å². The summed E-state index contributed by atoms with van der Waals surface area (Å²) in [4.78, 5) is 4.57. The fourth-order valence-electron chi connectivity index (χ4n) is 3.49. The van der Waals surface area contributed by atoms with Crippen molar-refractivity contribution in [1.82, 2.24) is 4.98 Å². The van der Waals surface area contributed by atoms with Crippen molar-refractivity contribution in [1.29, 1.82) is 0 Å². The molecule has 0 saturated carbocycles. The first-order valence-corrected chi connectivity index (χ1v) is 10.2. The van der Waals surface area contributed by atoms with Crippen molar-refractivity contribution in [2.24, 2.45) is 0 Å². The van der Waals surface area contributed by atoms with Crippen LogP contribution in [0.5, 0.6) is 0 Å². The molecule has 0 saturated heterocycles. The average molecular weight is 437 g/mol. The predicted molar refractivity (Wildman–Crippen MR) is 124 cm³/mol. The molecule has 156 valence electrons. The van der Waals surface area contributed by atoms with Crippen LogP contribution in [-0.2, 0) is 0 Å². The molecule has 2 aromatic heterocycles. The highest BCUT2D eigenvalue weighted by Crippen LogP contribution is 2.25. The summed E-state index contributed by atoms with van der Waals surface area (Å²) in [6, 6.07) is 34.9. The van der Waals surface area contributed by atoms with E-state index in [4.69, 9.17) is 4.42 Å². The smallest absolute Gasteiger partial charge is 0.294 e. The number of benzene rings is 3. The maximum atomic E-state index is 6.15. The summed E-state index contributed by atoms with van der Waals surface area (Å²) in [6.07, 6.45) is 7.86. The van der Waals surface area contributed by atoms with Crippen LogP contribution in [0.15, 0.2) is 126 Å². The Balaban J connectivity index is 0.00000245. The fraction of sp³-hybridized carbons (Fsp3) is 0. The van der Waals surface area contributed by atoms with Crippen molar-refractivity contribution in [3.8, 4) is 22.5 Å². The Morgan fingerprint density at radius 3 is 1.88 bits per heavy atom. The second kappa shape index (κ2) is 9.90. The second-order valence-electron chi connectivity index (χ2n) is 7.20. The molecule has 0 bridgehead atoms. The molecule has 4 heteroatoms. The third-order valence-electron chi connectivity index (χ3n) is 5.10. The molecule has 2 heterocycles. The zero-order valence-corrected chi connectivity index (χ0v) is 18.1. The van der Waals surface area contributed by atoms with Crippen molar-refractivity contribution < 1.29 is 21.4 Å². The molecule has 5 rings (SSSR count). The van der Waals surface area contributed by atoms with E-state index in [1.165, 1.54) is 11.1 Å². The first kappa shape index (κ1) is 21.3. The minimum Gasteiger partial charge on any atom is -1.00 e.